The van der Waals surface area contributed by atoms with Gasteiger partial charge in [-0.25, -0.2) is 4.79 Å². The fraction of sp³-hybridized carbons (Fsp3) is 0.579. The summed E-state index contributed by atoms with van der Waals surface area (Å²) < 4.78 is 11.6. The second-order valence-electron chi connectivity index (χ2n) is 7.50. The lowest BCUT2D eigenvalue weighted by Gasteiger charge is -2.43. The van der Waals surface area contributed by atoms with Crippen LogP contribution in [0.3, 0.4) is 0 Å². The maximum Gasteiger partial charge on any atom is 0.345 e. The molecule has 1 fully saturated rings. The average Bonchev–Trinajstić information content (AvgIpc) is 3.25. The zero-order chi connectivity index (χ0) is 18.3. The standard InChI is InChI=1S/C19H24N2O4S/c1-12(2)15-9-13(20-25-15)11-21-6-4-19(5-7-21)14-10-17(18(22)23)26-16(14)3-8-24-19/h9-10,12H,3-8,11H2,1-2H3,(H,22,23). The Morgan fingerprint density at radius 1 is 1.38 bits per heavy atom. The Hall–Kier alpha value is -1.70. The molecule has 0 aliphatic carbocycles. The number of carboxylic acid groups (broad SMARTS) is 1. The van der Waals surface area contributed by atoms with Gasteiger partial charge >= 0.3 is 5.97 Å². The topological polar surface area (TPSA) is 75.8 Å². The van der Waals surface area contributed by atoms with Crippen LogP contribution in [0.25, 0.3) is 0 Å². The molecule has 0 unspecified atom stereocenters. The Morgan fingerprint density at radius 3 is 2.81 bits per heavy atom. The number of aromatic carboxylic acids is 1. The summed E-state index contributed by atoms with van der Waals surface area (Å²) in [6.07, 6.45) is 2.57. The highest BCUT2D eigenvalue weighted by Crippen LogP contribution is 2.44. The first-order valence-electron chi connectivity index (χ1n) is 9.15. The maximum atomic E-state index is 11.3. The number of thiophene rings is 1. The number of carbonyl (C=O) groups is 1. The van der Waals surface area contributed by atoms with Crippen LogP contribution < -0.4 is 0 Å². The summed E-state index contributed by atoms with van der Waals surface area (Å²) in [4.78, 5) is 15.3. The SMILES string of the molecule is CC(C)c1cc(CN2CCC3(CC2)OCCc2sc(C(=O)O)cc23)no1. The molecule has 6 nitrogen and oxygen atoms in total. The minimum Gasteiger partial charge on any atom is -0.477 e. The predicted molar refractivity (Wildman–Crippen MR) is 97.7 cm³/mol. The van der Waals surface area contributed by atoms with E-state index in [-0.39, 0.29) is 5.60 Å². The van der Waals surface area contributed by atoms with Crippen molar-refractivity contribution in [2.24, 2.45) is 0 Å². The summed E-state index contributed by atoms with van der Waals surface area (Å²) in [7, 11) is 0. The number of fused-ring (bicyclic) bond motifs is 2. The van der Waals surface area contributed by atoms with Crippen LogP contribution in [0.2, 0.25) is 0 Å². The van der Waals surface area contributed by atoms with Crippen molar-refractivity contribution in [3.05, 3.63) is 38.9 Å². The molecule has 2 aliphatic heterocycles. The molecule has 0 aromatic carbocycles. The minimum absolute atomic E-state index is 0.318. The van der Waals surface area contributed by atoms with Gasteiger partial charge in [-0.2, -0.15) is 0 Å². The third kappa shape index (κ3) is 3.19. The van der Waals surface area contributed by atoms with Gasteiger partial charge in [-0.15, -0.1) is 11.3 Å². The Kier molecular flexibility index (Phi) is 4.62. The Bertz CT molecular complexity index is 802. The second kappa shape index (κ2) is 6.79. The van der Waals surface area contributed by atoms with Gasteiger partial charge in [0.15, 0.2) is 0 Å². The fourth-order valence-corrected chi connectivity index (χ4v) is 4.98. The molecule has 140 valence electrons. The van der Waals surface area contributed by atoms with Crippen molar-refractivity contribution in [3.63, 3.8) is 0 Å². The summed E-state index contributed by atoms with van der Waals surface area (Å²) >= 11 is 1.40. The van der Waals surface area contributed by atoms with E-state index in [0.29, 0.717) is 17.4 Å². The van der Waals surface area contributed by atoms with E-state index in [1.165, 1.54) is 16.2 Å². The molecule has 2 aliphatic rings. The number of likely N-dealkylation sites (tertiary alicyclic amines) is 1. The van der Waals surface area contributed by atoms with Crippen LogP contribution in [0, 0.1) is 0 Å². The number of aromatic nitrogens is 1. The third-order valence-corrected chi connectivity index (χ3v) is 6.60. The van der Waals surface area contributed by atoms with E-state index in [4.69, 9.17) is 9.26 Å². The minimum atomic E-state index is -0.844. The lowest BCUT2D eigenvalue weighted by Crippen LogP contribution is -2.45. The molecule has 0 radical (unpaired) electrons. The van der Waals surface area contributed by atoms with Gasteiger partial charge in [-0.05, 0) is 24.5 Å². The molecule has 1 spiro atoms. The van der Waals surface area contributed by atoms with Gasteiger partial charge < -0.3 is 14.4 Å². The molecule has 7 heteroatoms. The van der Waals surface area contributed by atoms with Crippen LogP contribution in [-0.2, 0) is 23.3 Å². The molecular weight excluding hydrogens is 352 g/mol. The maximum absolute atomic E-state index is 11.3. The van der Waals surface area contributed by atoms with Gasteiger partial charge in [0.2, 0.25) is 0 Å². The van der Waals surface area contributed by atoms with E-state index >= 15 is 0 Å². The van der Waals surface area contributed by atoms with E-state index < -0.39 is 5.97 Å². The number of carboxylic acids is 1. The molecule has 0 bridgehead atoms. The van der Waals surface area contributed by atoms with Crippen LogP contribution in [0.1, 0.15) is 64.2 Å². The quantitative estimate of drug-likeness (QED) is 0.878. The van der Waals surface area contributed by atoms with Crippen molar-refractivity contribution in [1.82, 2.24) is 10.1 Å². The summed E-state index contributed by atoms with van der Waals surface area (Å²) in [6, 6.07) is 3.88. The second-order valence-corrected chi connectivity index (χ2v) is 8.63. The first kappa shape index (κ1) is 17.7. The van der Waals surface area contributed by atoms with E-state index in [1.807, 2.05) is 12.1 Å². The number of hydrogen-bond donors (Lipinski definition) is 1. The zero-order valence-electron chi connectivity index (χ0n) is 15.2. The molecule has 1 saturated heterocycles. The number of rotatable bonds is 4. The molecule has 0 saturated carbocycles. The van der Waals surface area contributed by atoms with Gasteiger partial charge in [0.1, 0.15) is 10.6 Å². The van der Waals surface area contributed by atoms with Crippen LogP contribution in [-0.4, -0.2) is 40.8 Å². The van der Waals surface area contributed by atoms with Gasteiger partial charge in [-0.1, -0.05) is 19.0 Å². The normalized spacial score (nSPS) is 19.8. The Balaban J connectivity index is 1.46. The Morgan fingerprint density at radius 2 is 2.15 bits per heavy atom. The number of ether oxygens (including phenoxy) is 1. The van der Waals surface area contributed by atoms with Crippen molar-refractivity contribution in [2.75, 3.05) is 19.7 Å². The zero-order valence-corrected chi connectivity index (χ0v) is 16.0. The van der Waals surface area contributed by atoms with E-state index in [9.17, 15) is 9.90 Å². The molecular formula is C19H24N2O4S. The van der Waals surface area contributed by atoms with E-state index in [2.05, 4.69) is 23.9 Å². The highest BCUT2D eigenvalue weighted by molar-refractivity contribution is 7.14. The van der Waals surface area contributed by atoms with Crippen LogP contribution in [0.5, 0.6) is 0 Å². The van der Waals surface area contributed by atoms with Crippen LogP contribution in [0.4, 0.5) is 0 Å². The largest absolute Gasteiger partial charge is 0.477 e. The average molecular weight is 376 g/mol. The Labute approximate surface area is 156 Å². The first-order valence-corrected chi connectivity index (χ1v) is 9.97. The van der Waals surface area contributed by atoms with Crippen molar-refractivity contribution < 1.29 is 19.2 Å². The molecule has 4 heterocycles. The first-order chi connectivity index (χ1) is 12.5. The van der Waals surface area contributed by atoms with Gasteiger partial charge in [0, 0.05) is 42.9 Å². The van der Waals surface area contributed by atoms with Crippen molar-refractivity contribution in [3.8, 4) is 0 Å². The van der Waals surface area contributed by atoms with Crippen LogP contribution >= 0.6 is 11.3 Å². The van der Waals surface area contributed by atoms with Gasteiger partial charge in [0.05, 0.1) is 17.9 Å². The molecule has 2 aromatic heterocycles. The monoisotopic (exact) mass is 376 g/mol. The number of piperidine rings is 1. The molecule has 1 N–H and O–H groups in total. The molecule has 4 rings (SSSR count). The summed E-state index contributed by atoms with van der Waals surface area (Å²) in [5, 5.41) is 13.5. The molecule has 26 heavy (non-hydrogen) atoms. The number of nitrogens with zero attached hydrogens (tertiary/aromatic N) is 2. The van der Waals surface area contributed by atoms with Gasteiger partial charge in [0.25, 0.3) is 0 Å². The van der Waals surface area contributed by atoms with Gasteiger partial charge in [-0.3, -0.25) is 4.90 Å². The van der Waals surface area contributed by atoms with Crippen molar-refractivity contribution in [1.29, 1.82) is 0 Å². The van der Waals surface area contributed by atoms with E-state index in [1.54, 1.807) is 0 Å². The number of hydrogen-bond acceptors (Lipinski definition) is 6. The predicted octanol–water partition coefficient (Wildman–Crippen LogP) is 3.62. The lowest BCUT2D eigenvalue weighted by atomic mass is 9.82. The summed E-state index contributed by atoms with van der Waals surface area (Å²) in [5.74, 6) is 0.425. The van der Waals surface area contributed by atoms with Crippen molar-refractivity contribution >= 4 is 17.3 Å². The molecule has 2 aromatic rings. The lowest BCUT2D eigenvalue weighted by molar-refractivity contribution is -0.0982. The van der Waals surface area contributed by atoms with Crippen molar-refractivity contribution in [2.45, 2.75) is 51.2 Å². The van der Waals surface area contributed by atoms with E-state index in [0.717, 1.165) is 55.9 Å². The summed E-state index contributed by atoms with van der Waals surface area (Å²) in [5.41, 5.74) is 1.76. The fourth-order valence-electron chi connectivity index (χ4n) is 3.91. The highest BCUT2D eigenvalue weighted by atomic mass is 32.1. The third-order valence-electron chi connectivity index (χ3n) is 5.41. The molecule has 0 atom stereocenters. The smallest absolute Gasteiger partial charge is 0.345 e. The highest BCUT2D eigenvalue weighted by Gasteiger charge is 2.42. The molecule has 0 amide bonds. The van der Waals surface area contributed by atoms with Crippen LogP contribution in [0.15, 0.2) is 16.7 Å². The summed E-state index contributed by atoms with van der Waals surface area (Å²) in [6.45, 7) is 7.46.